The zero-order chi connectivity index (χ0) is 17.1. The van der Waals surface area contributed by atoms with Crippen molar-refractivity contribution in [1.82, 2.24) is 9.97 Å². The Balaban J connectivity index is 0.00000116. The summed E-state index contributed by atoms with van der Waals surface area (Å²) >= 11 is 0. The number of aromatic nitrogens is 2. The highest BCUT2D eigenvalue weighted by molar-refractivity contribution is 5.63. The minimum Gasteiger partial charge on any atom is -0.383 e. The average Bonchev–Trinajstić information content (AvgIpc) is 2.45. The summed E-state index contributed by atoms with van der Waals surface area (Å²) in [6, 6.07) is 6.46. The lowest BCUT2D eigenvalue weighted by atomic mass is 9.85. The quantitative estimate of drug-likeness (QED) is 0.808. The number of benzene rings is 1. The predicted molar refractivity (Wildman–Crippen MR) is 96.1 cm³/mol. The summed E-state index contributed by atoms with van der Waals surface area (Å²) in [6.07, 6.45) is 0. The van der Waals surface area contributed by atoms with Crippen LogP contribution in [0.2, 0.25) is 0 Å². The van der Waals surface area contributed by atoms with Crippen LogP contribution in [0.15, 0.2) is 18.2 Å². The van der Waals surface area contributed by atoms with E-state index in [0.717, 1.165) is 16.8 Å². The fraction of sp³-hybridized carbons (Fsp3) is 0.474. The van der Waals surface area contributed by atoms with Crippen molar-refractivity contribution in [2.45, 2.75) is 60.8 Å². The van der Waals surface area contributed by atoms with Gasteiger partial charge in [0.25, 0.3) is 0 Å². The van der Waals surface area contributed by atoms with Crippen molar-refractivity contribution in [2.75, 3.05) is 5.73 Å². The van der Waals surface area contributed by atoms with E-state index in [1.165, 1.54) is 11.1 Å². The summed E-state index contributed by atoms with van der Waals surface area (Å²) in [4.78, 5) is 8.99. The molecule has 0 aliphatic rings. The second-order valence-electron chi connectivity index (χ2n) is 6.42. The molecule has 0 amide bonds. The molecule has 3 heteroatoms. The molecule has 0 radical (unpaired) electrons. The van der Waals surface area contributed by atoms with Crippen LogP contribution in [0, 0.1) is 20.8 Å². The molecule has 0 aliphatic carbocycles. The van der Waals surface area contributed by atoms with Crippen molar-refractivity contribution < 1.29 is 0 Å². The number of rotatable bonds is 1. The van der Waals surface area contributed by atoms with Crippen molar-refractivity contribution in [3.8, 4) is 11.4 Å². The van der Waals surface area contributed by atoms with Crippen LogP contribution in [0.5, 0.6) is 0 Å². The normalized spacial score (nSPS) is 10.9. The molecule has 2 rings (SSSR count). The Morgan fingerprint density at radius 2 is 1.55 bits per heavy atom. The van der Waals surface area contributed by atoms with Crippen LogP contribution >= 0.6 is 0 Å². The first kappa shape index (κ1) is 18.1. The number of hydrogen-bond acceptors (Lipinski definition) is 3. The summed E-state index contributed by atoms with van der Waals surface area (Å²) in [5.41, 5.74) is 11.5. The Labute approximate surface area is 135 Å². The maximum Gasteiger partial charge on any atom is 0.162 e. The first-order valence-corrected chi connectivity index (χ1v) is 7.92. The second-order valence-corrected chi connectivity index (χ2v) is 6.42. The Morgan fingerprint density at radius 3 is 2.00 bits per heavy atom. The third kappa shape index (κ3) is 3.85. The SMILES string of the molecule is CC.Cc1cc(C(C)(C)C)ccc1-c1nc(C)c(C)c(N)n1. The molecule has 0 atom stereocenters. The van der Waals surface area contributed by atoms with Crippen molar-refractivity contribution >= 4 is 5.82 Å². The highest BCUT2D eigenvalue weighted by Crippen LogP contribution is 2.28. The molecule has 0 saturated heterocycles. The number of nitrogen functional groups attached to an aromatic ring is 1. The van der Waals surface area contributed by atoms with Gasteiger partial charge in [0, 0.05) is 16.8 Å². The van der Waals surface area contributed by atoms with E-state index in [9.17, 15) is 0 Å². The van der Waals surface area contributed by atoms with Gasteiger partial charge in [-0.3, -0.25) is 0 Å². The molecule has 120 valence electrons. The fourth-order valence-electron chi connectivity index (χ4n) is 2.15. The third-order valence-corrected chi connectivity index (χ3v) is 3.76. The molecule has 0 unspecified atom stereocenters. The maximum absolute atomic E-state index is 5.96. The van der Waals surface area contributed by atoms with Crippen LogP contribution in [0.3, 0.4) is 0 Å². The molecule has 3 nitrogen and oxygen atoms in total. The zero-order valence-corrected chi connectivity index (χ0v) is 15.2. The van der Waals surface area contributed by atoms with Crippen LogP contribution in [0.4, 0.5) is 5.82 Å². The molecule has 0 spiro atoms. The van der Waals surface area contributed by atoms with Gasteiger partial charge >= 0.3 is 0 Å². The third-order valence-electron chi connectivity index (χ3n) is 3.76. The van der Waals surface area contributed by atoms with Crippen LogP contribution in [-0.4, -0.2) is 9.97 Å². The average molecular weight is 299 g/mol. The second kappa shape index (κ2) is 6.91. The number of nitrogens with two attached hydrogens (primary N) is 1. The smallest absolute Gasteiger partial charge is 0.162 e. The molecule has 2 aromatic rings. The standard InChI is InChI=1S/C17H23N3.C2H6/c1-10-9-13(17(4,5)6)7-8-14(10)16-19-12(3)11(2)15(18)20-16;1-2/h7-9H,1-6H3,(H2,18,19,20);1-2H3. The zero-order valence-electron chi connectivity index (χ0n) is 15.2. The van der Waals surface area contributed by atoms with E-state index in [4.69, 9.17) is 5.73 Å². The van der Waals surface area contributed by atoms with Gasteiger partial charge in [-0.1, -0.05) is 52.8 Å². The summed E-state index contributed by atoms with van der Waals surface area (Å²) in [5, 5.41) is 0. The monoisotopic (exact) mass is 299 g/mol. The van der Waals surface area contributed by atoms with Crippen molar-refractivity contribution in [1.29, 1.82) is 0 Å². The van der Waals surface area contributed by atoms with Gasteiger partial charge in [-0.15, -0.1) is 0 Å². The molecule has 1 aromatic carbocycles. The lowest BCUT2D eigenvalue weighted by Crippen LogP contribution is -2.11. The summed E-state index contributed by atoms with van der Waals surface area (Å²) < 4.78 is 0. The summed E-state index contributed by atoms with van der Waals surface area (Å²) in [6.45, 7) is 16.7. The van der Waals surface area contributed by atoms with Gasteiger partial charge < -0.3 is 5.73 Å². The van der Waals surface area contributed by atoms with E-state index in [0.29, 0.717) is 11.6 Å². The molecular formula is C19H29N3. The Kier molecular flexibility index (Phi) is 5.70. The molecule has 22 heavy (non-hydrogen) atoms. The number of hydrogen-bond donors (Lipinski definition) is 1. The van der Waals surface area contributed by atoms with E-state index >= 15 is 0 Å². The van der Waals surface area contributed by atoms with E-state index < -0.39 is 0 Å². The van der Waals surface area contributed by atoms with Crippen LogP contribution in [-0.2, 0) is 5.41 Å². The van der Waals surface area contributed by atoms with Crippen LogP contribution in [0.1, 0.15) is 57.0 Å². The largest absolute Gasteiger partial charge is 0.383 e. The molecular weight excluding hydrogens is 270 g/mol. The minimum absolute atomic E-state index is 0.145. The highest BCUT2D eigenvalue weighted by atomic mass is 15.0. The van der Waals surface area contributed by atoms with Crippen LogP contribution < -0.4 is 5.73 Å². The van der Waals surface area contributed by atoms with Gasteiger partial charge in [-0.25, -0.2) is 9.97 Å². The van der Waals surface area contributed by atoms with Gasteiger partial charge in [-0.2, -0.15) is 0 Å². The molecule has 1 aromatic heterocycles. The van der Waals surface area contributed by atoms with Crippen molar-refractivity contribution in [3.63, 3.8) is 0 Å². The van der Waals surface area contributed by atoms with Gasteiger partial charge in [-0.05, 0) is 37.3 Å². The van der Waals surface area contributed by atoms with Gasteiger partial charge in [0.2, 0.25) is 0 Å². The Bertz CT molecular complexity index is 629. The fourth-order valence-corrected chi connectivity index (χ4v) is 2.15. The molecule has 0 saturated carbocycles. The van der Waals surface area contributed by atoms with Crippen molar-refractivity contribution in [3.05, 3.63) is 40.6 Å². The van der Waals surface area contributed by atoms with E-state index in [2.05, 4.69) is 55.9 Å². The lowest BCUT2D eigenvalue weighted by Gasteiger charge is -2.20. The van der Waals surface area contributed by atoms with Crippen molar-refractivity contribution in [2.24, 2.45) is 0 Å². The predicted octanol–water partition coefficient (Wildman–Crippen LogP) is 4.97. The van der Waals surface area contributed by atoms with Gasteiger partial charge in [0.1, 0.15) is 5.82 Å². The van der Waals surface area contributed by atoms with E-state index in [1.807, 2.05) is 27.7 Å². The first-order valence-electron chi connectivity index (χ1n) is 7.92. The Hall–Kier alpha value is -1.90. The first-order chi connectivity index (χ1) is 10.2. The molecule has 0 bridgehead atoms. The van der Waals surface area contributed by atoms with E-state index in [-0.39, 0.29) is 5.41 Å². The maximum atomic E-state index is 5.96. The van der Waals surface area contributed by atoms with E-state index in [1.54, 1.807) is 0 Å². The molecule has 0 aliphatic heterocycles. The lowest BCUT2D eigenvalue weighted by molar-refractivity contribution is 0.590. The van der Waals surface area contributed by atoms with Gasteiger partial charge in [0.05, 0.1) is 0 Å². The Morgan fingerprint density at radius 1 is 0.955 bits per heavy atom. The molecule has 0 fully saturated rings. The molecule has 1 heterocycles. The van der Waals surface area contributed by atoms with Gasteiger partial charge in [0.15, 0.2) is 5.82 Å². The number of nitrogens with zero attached hydrogens (tertiary/aromatic N) is 2. The van der Waals surface area contributed by atoms with Crippen LogP contribution in [0.25, 0.3) is 11.4 Å². The topological polar surface area (TPSA) is 51.8 Å². The summed E-state index contributed by atoms with van der Waals surface area (Å²) in [7, 11) is 0. The number of anilines is 1. The number of aryl methyl sites for hydroxylation is 2. The summed E-state index contributed by atoms with van der Waals surface area (Å²) in [5.74, 6) is 1.27. The minimum atomic E-state index is 0.145. The highest BCUT2D eigenvalue weighted by Gasteiger charge is 2.16. The molecule has 2 N–H and O–H groups in total.